The second-order valence-corrected chi connectivity index (χ2v) is 7.34. The summed E-state index contributed by atoms with van der Waals surface area (Å²) in [6.07, 6.45) is 2.97. The molecule has 2 aromatic rings. The molecule has 0 saturated carbocycles. The van der Waals surface area contributed by atoms with E-state index in [4.69, 9.17) is 4.74 Å². The third-order valence-corrected chi connectivity index (χ3v) is 5.84. The fourth-order valence-electron chi connectivity index (χ4n) is 2.60. The number of allylic oxidation sites excluding steroid dienone is 1. The Kier molecular flexibility index (Phi) is 4.09. The minimum Gasteiger partial charge on any atom is -0.481 e. The zero-order valence-corrected chi connectivity index (χ0v) is 13.9. The summed E-state index contributed by atoms with van der Waals surface area (Å²) in [7, 11) is -0.593. The Labute approximate surface area is 136 Å². The lowest BCUT2D eigenvalue weighted by molar-refractivity contribution is 0.398. The molecule has 3 rings (SSSR count). The number of methoxy groups -OCH3 is 1. The molecule has 1 aliphatic rings. The molecule has 0 aliphatic heterocycles. The van der Waals surface area contributed by atoms with E-state index in [1.807, 2.05) is 24.3 Å². The first-order valence-electron chi connectivity index (χ1n) is 7.31. The number of benzene rings is 1. The lowest BCUT2D eigenvalue weighted by atomic mass is 9.98. The summed E-state index contributed by atoms with van der Waals surface area (Å²) >= 11 is 0. The van der Waals surface area contributed by atoms with Crippen LogP contribution >= 0.6 is 0 Å². The number of sulfonamides is 1. The molecule has 0 unspecified atom stereocenters. The molecule has 6 heteroatoms. The van der Waals surface area contributed by atoms with Crippen LogP contribution in [0.4, 0.5) is 5.82 Å². The van der Waals surface area contributed by atoms with Gasteiger partial charge in [0.2, 0.25) is 5.88 Å². The van der Waals surface area contributed by atoms with Crippen LogP contribution in [-0.4, -0.2) is 27.6 Å². The van der Waals surface area contributed by atoms with E-state index in [1.54, 1.807) is 24.3 Å². The van der Waals surface area contributed by atoms with Gasteiger partial charge in [0.1, 0.15) is 5.82 Å². The average Bonchev–Trinajstić information content (AvgIpc) is 2.60. The van der Waals surface area contributed by atoms with E-state index in [0.29, 0.717) is 23.0 Å². The minimum atomic E-state index is -3.61. The molecule has 23 heavy (non-hydrogen) atoms. The van der Waals surface area contributed by atoms with Gasteiger partial charge in [-0.2, -0.15) is 4.98 Å². The number of aromatic nitrogens is 1. The lowest BCUT2D eigenvalue weighted by Crippen LogP contribution is -2.29. The zero-order chi connectivity index (χ0) is 16.4. The van der Waals surface area contributed by atoms with Crippen molar-refractivity contribution in [2.75, 3.05) is 18.5 Å². The van der Waals surface area contributed by atoms with Crippen LogP contribution in [0.5, 0.6) is 5.88 Å². The molecule has 5 nitrogen and oxygen atoms in total. The Hall–Kier alpha value is -2.34. The van der Waals surface area contributed by atoms with E-state index < -0.39 is 10.0 Å². The third kappa shape index (κ3) is 2.94. The molecule has 0 spiro atoms. The van der Waals surface area contributed by atoms with Crippen LogP contribution in [0.3, 0.4) is 0 Å². The van der Waals surface area contributed by atoms with Gasteiger partial charge in [-0.1, -0.05) is 30.3 Å². The Morgan fingerprint density at radius 1 is 1.09 bits per heavy atom. The Balaban J connectivity index is 1.97. The topological polar surface area (TPSA) is 59.5 Å². The van der Waals surface area contributed by atoms with Gasteiger partial charge in [-0.3, -0.25) is 4.31 Å². The molecule has 0 amide bonds. The maximum atomic E-state index is 12.9. The monoisotopic (exact) mass is 330 g/mol. The van der Waals surface area contributed by atoms with Gasteiger partial charge in [0.05, 0.1) is 12.0 Å². The first-order chi connectivity index (χ1) is 11.0. The van der Waals surface area contributed by atoms with Crippen LogP contribution in [0, 0.1) is 0 Å². The molecule has 1 aromatic heterocycles. The van der Waals surface area contributed by atoms with Crippen LogP contribution < -0.4 is 9.04 Å². The van der Waals surface area contributed by atoms with Gasteiger partial charge in [0, 0.05) is 13.1 Å². The normalized spacial score (nSPS) is 13.9. The molecule has 0 saturated heterocycles. The van der Waals surface area contributed by atoms with Gasteiger partial charge in [-0.05, 0) is 36.1 Å². The molecule has 0 bridgehead atoms. The fourth-order valence-corrected chi connectivity index (χ4v) is 3.94. The van der Waals surface area contributed by atoms with E-state index in [2.05, 4.69) is 4.98 Å². The fraction of sp³-hybridized carbons (Fsp3) is 0.235. The van der Waals surface area contributed by atoms with E-state index >= 15 is 0 Å². The highest BCUT2D eigenvalue weighted by Gasteiger charge is 2.27. The van der Waals surface area contributed by atoms with Crippen LogP contribution in [0.2, 0.25) is 0 Å². The number of hydrogen-bond donors (Lipinski definition) is 0. The number of nitrogens with zero attached hydrogens (tertiary/aromatic N) is 2. The van der Waals surface area contributed by atoms with Crippen LogP contribution in [0.15, 0.2) is 47.4 Å². The van der Waals surface area contributed by atoms with Crippen molar-refractivity contribution < 1.29 is 13.2 Å². The molecule has 1 aliphatic carbocycles. The molecule has 1 aromatic carbocycles. The van der Waals surface area contributed by atoms with Gasteiger partial charge in [-0.25, -0.2) is 8.42 Å². The smallest absolute Gasteiger partial charge is 0.261 e. The summed E-state index contributed by atoms with van der Waals surface area (Å²) in [4.78, 5) is 4.60. The van der Waals surface area contributed by atoms with E-state index in [0.717, 1.165) is 12.0 Å². The van der Waals surface area contributed by atoms with Crippen molar-refractivity contribution in [1.29, 1.82) is 0 Å². The highest BCUT2D eigenvalue weighted by molar-refractivity contribution is 7.96. The average molecular weight is 330 g/mol. The summed E-state index contributed by atoms with van der Waals surface area (Å²) in [5, 5.41) is 0. The largest absolute Gasteiger partial charge is 0.481 e. The molecular weight excluding hydrogens is 312 g/mol. The second-order valence-electron chi connectivity index (χ2n) is 5.32. The lowest BCUT2D eigenvalue weighted by Gasteiger charge is -2.23. The summed E-state index contributed by atoms with van der Waals surface area (Å²) in [6.45, 7) is 0. The van der Waals surface area contributed by atoms with Crippen molar-refractivity contribution in [2.24, 2.45) is 0 Å². The summed E-state index contributed by atoms with van der Waals surface area (Å²) in [6, 6.07) is 12.9. The Bertz CT molecular complexity index is 860. The molecular formula is C17H18N2O3S. The predicted octanol–water partition coefficient (Wildman–Crippen LogP) is 2.84. The number of aryl methyl sites for hydroxylation is 1. The van der Waals surface area contributed by atoms with Crippen molar-refractivity contribution in [2.45, 2.75) is 12.8 Å². The number of pyridine rings is 1. The van der Waals surface area contributed by atoms with Crippen molar-refractivity contribution in [3.63, 3.8) is 0 Å². The van der Waals surface area contributed by atoms with E-state index in [9.17, 15) is 8.42 Å². The minimum absolute atomic E-state index is 0.337. The van der Waals surface area contributed by atoms with Crippen LogP contribution in [0.1, 0.15) is 17.5 Å². The van der Waals surface area contributed by atoms with Gasteiger partial charge in [-0.15, -0.1) is 0 Å². The molecule has 0 radical (unpaired) electrons. The van der Waals surface area contributed by atoms with E-state index in [-0.39, 0.29) is 0 Å². The maximum Gasteiger partial charge on any atom is 0.261 e. The summed E-state index contributed by atoms with van der Waals surface area (Å²) < 4.78 is 32.0. The molecule has 0 fully saturated rings. The molecule has 1 heterocycles. The third-order valence-electron chi connectivity index (χ3n) is 3.94. The van der Waals surface area contributed by atoms with Crippen molar-refractivity contribution in [3.05, 3.63) is 58.5 Å². The number of anilines is 1. The van der Waals surface area contributed by atoms with Gasteiger partial charge >= 0.3 is 0 Å². The predicted molar refractivity (Wildman–Crippen MR) is 90.9 cm³/mol. The summed E-state index contributed by atoms with van der Waals surface area (Å²) in [5.41, 5.74) is 2.14. The highest BCUT2D eigenvalue weighted by atomic mass is 32.2. The first kappa shape index (κ1) is 15.6. The Morgan fingerprint density at radius 2 is 1.87 bits per heavy atom. The number of fused-ring (bicyclic) bond motifs is 1. The first-order valence-corrected chi connectivity index (χ1v) is 8.75. The quantitative estimate of drug-likeness (QED) is 0.865. The molecule has 120 valence electrons. The van der Waals surface area contributed by atoms with Crippen molar-refractivity contribution >= 4 is 21.9 Å². The SMILES string of the molecule is COc1cccc(N(C)S(=O)(=O)C2=Cc3ccccc3CC2)n1. The second kappa shape index (κ2) is 6.04. The van der Waals surface area contributed by atoms with Gasteiger partial charge in [0.25, 0.3) is 10.0 Å². The number of rotatable bonds is 4. The van der Waals surface area contributed by atoms with Crippen LogP contribution in [0.25, 0.3) is 6.08 Å². The van der Waals surface area contributed by atoms with Crippen molar-refractivity contribution in [1.82, 2.24) is 4.98 Å². The van der Waals surface area contributed by atoms with E-state index in [1.165, 1.54) is 24.0 Å². The highest BCUT2D eigenvalue weighted by Crippen LogP contribution is 2.30. The van der Waals surface area contributed by atoms with Crippen molar-refractivity contribution in [3.8, 4) is 5.88 Å². The van der Waals surface area contributed by atoms with Gasteiger partial charge in [0.15, 0.2) is 0 Å². The molecule has 0 atom stereocenters. The number of hydrogen-bond acceptors (Lipinski definition) is 4. The Morgan fingerprint density at radius 3 is 2.65 bits per heavy atom. The number of ether oxygens (including phenoxy) is 1. The maximum absolute atomic E-state index is 12.9. The summed E-state index contributed by atoms with van der Waals surface area (Å²) in [5.74, 6) is 0.719. The van der Waals surface area contributed by atoms with Gasteiger partial charge < -0.3 is 4.74 Å². The zero-order valence-electron chi connectivity index (χ0n) is 13.1. The molecule has 0 N–H and O–H groups in total. The standard InChI is InChI=1S/C17H18N2O3S/c1-19(16-8-5-9-17(18-16)22-2)23(20,21)15-11-10-13-6-3-4-7-14(13)12-15/h3-9,12H,10-11H2,1-2H3. The van der Waals surface area contributed by atoms with Crippen LogP contribution in [-0.2, 0) is 16.4 Å².